The second kappa shape index (κ2) is 7.03. The van der Waals surface area contributed by atoms with Crippen molar-refractivity contribution in [1.29, 1.82) is 0 Å². The quantitative estimate of drug-likeness (QED) is 0.809. The maximum absolute atomic E-state index is 5.82. The average molecular weight is 369 g/mol. The molecule has 4 nitrogen and oxygen atoms in total. The molecule has 5 heteroatoms. The lowest BCUT2D eigenvalue weighted by atomic mass is 9.95. The summed E-state index contributed by atoms with van der Waals surface area (Å²) in [5, 5.41) is 4.49. The number of aromatic nitrogens is 2. The van der Waals surface area contributed by atoms with Gasteiger partial charge in [0.05, 0.1) is 17.8 Å². The Labute approximate surface area is 161 Å². The highest BCUT2D eigenvalue weighted by molar-refractivity contribution is 7.80. The van der Waals surface area contributed by atoms with Crippen LogP contribution in [0.2, 0.25) is 0 Å². The fourth-order valence-electron chi connectivity index (χ4n) is 4.89. The van der Waals surface area contributed by atoms with Gasteiger partial charge in [0, 0.05) is 30.2 Å². The van der Waals surface area contributed by atoms with Gasteiger partial charge in [-0.05, 0) is 69.6 Å². The van der Waals surface area contributed by atoms with E-state index in [1.165, 1.54) is 42.6 Å². The van der Waals surface area contributed by atoms with E-state index in [2.05, 4.69) is 58.7 Å². The second-order valence-electron chi connectivity index (χ2n) is 7.54. The van der Waals surface area contributed by atoms with Crippen LogP contribution < -0.4 is 5.32 Å². The zero-order valence-corrected chi connectivity index (χ0v) is 16.7. The van der Waals surface area contributed by atoms with E-state index in [1.807, 2.05) is 12.3 Å². The first kappa shape index (κ1) is 17.5. The van der Waals surface area contributed by atoms with Crippen molar-refractivity contribution < 1.29 is 0 Å². The molecule has 0 spiro atoms. The molecular weight excluding hydrogens is 340 g/mol. The summed E-state index contributed by atoms with van der Waals surface area (Å²) in [5.74, 6) is 0. The first-order valence-electron chi connectivity index (χ1n) is 9.78. The van der Waals surface area contributed by atoms with Gasteiger partial charge in [0.25, 0.3) is 0 Å². The van der Waals surface area contributed by atoms with Gasteiger partial charge in [-0.1, -0.05) is 18.9 Å². The molecule has 0 amide bonds. The van der Waals surface area contributed by atoms with Crippen LogP contribution >= 0.6 is 12.2 Å². The van der Waals surface area contributed by atoms with Gasteiger partial charge in [0.2, 0.25) is 0 Å². The van der Waals surface area contributed by atoms with Crippen molar-refractivity contribution in [2.75, 3.05) is 0 Å². The van der Waals surface area contributed by atoms with Gasteiger partial charge in [0.15, 0.2) is 5.11 Å². The molecule has 2 fully saturated rings. The smallest absolute Gasteiger partial charge is 0.170 e. The van der Waals surface area contributed by atoms with Crippen LogP contribution in [0.25, 0.3) is 0 Å². The van der Waals surface area contributed by atoms with E-state index in [0.29, 0.717) is 6.04 Å². The third-order valence-corrected chi connectivity index (χ3v) is 6.43. The predicted molar refractivity (Wildman–Crippen MR) is 109 cm³/mol. The number of pyridine rings is 1. The Hall–Kier alpha value is -1.88. The normalized spacial score (nSPS) is 23.7. The van der Waals surface area contributed by atoms with Gasteiger partial charge in [-0.2, -0.15) is 0 Å². The first-order valence-corrected chi connectivity index (χ1v) is 10.2. The molecule has 0 aromatic carbocycles. The second-order valence-corrected chi connectivity index (χ2v) is 7.93. The summed E-state index contributed by atoms with van der Waals surface area (Å²) >= 11 is 5.82. The third-order valence-electron chi connectivity index (χ3n) is 6.10. The molecule has 1 aliphatic carbocycles. The summed E-state index contributed by atoms with van der Waals surface area (Å²) in [6.07, 6.45) is 6.96. The van der Waals surface area contributed by atoms with Crippen molar-refractivity contribution in [2.45, 2.75) is 71.1 Å². The van der Waals surface area contributed by atoms with Crippen molar-refractivity contribution in [3.05, 3.63) is 53.1 Å². The van der Waals surface area contributed by atoms with E-state index < -0.39 is 0 Å². The van der Waals surface area contributed by atoms with Crippen molar-refractivity contribution in [3.8, 4) is 0 Å². The molecule has 2 aromatic heterocycles. The molecular formula is C21H28N4S. The monoisotopic (exact) mass is 368 g/mol. The Kier molecular flexibility index (Phi) is 4.74. The molecule has 2 atom stereocenters. The SMILES string of the molecule is CCn1c(C)cc([C@@H]2[C@@H](c3ccccn3)NC(=S)N2C2CCCC2)c1C. The molecule has 0 radical (unpaired) electrons. The molecule has 1 saturated heterocycles. The third kappa shape index (κ3) is 2.82. The Balaban J connectivity index is 1.81. The van der Waals surface area contributed by atoms with Crippen LogP contribution in [0.4, 0.5) is 0 Å². The average Bonchev–Trinajstić information content (AvgIpc) is 3.34. The number of nitrogens with one attached hydrogen (secondary N) is 1. The number of hydrogen-bond donors (Lipinski definition) is 1. The molecule has 3 heterocycles. The zero-order chi connectivity index (χ0) is 18.3. The number of hydrogen-bond acceptors (Lipinski definition) is 2. The van der Waals surface area contributed by atoms with Crippen molar-refractivity contribution in [2.24, 2.45) is 0 Å². The van der Waals surface area contributed by atoms with Crippen molar-refractivity contribution in [3.63, 3.8) is 0 Å². The van der Waals surface area contributed by atoms with Gasteiger partial charge in [-0.15, -0.1) is 0 Å². The van der Waals surface area contributed by atoms with Crippen LogP contribution in [-0.4, -0.2) is 25.6 Å². The molecule has 1 N–H and O–H groups in total. The minimum Gasteiger partial charge on any atom is -0.352 e. The first-order chi connectivity index (χ1) is 12.6. The Morgan fingerprint density at radius 2 is 2.00 bits per heavy atom. The van der Waals surface area contributed by atoms with Crippen molar-refractivity contribution in [1.82, 2.24) is 19.8 Å². The van der Waals surface area contributed by atoms with Crippen molar-refractivity contribution >= 4 is 17.3 Å². The number of thiocarbonyl (C=S) groups is 1. The molecule has 2 aliphatic rings. The summed E-state index contributed by atoms with van der Waals surface area (Å²) in [6.45, 7) is 7.66. The maximum atomic E-state index is 5.82. The molecule has 1 saturated carbocycles. The maximum Gasteiger partial charge on any atom is 0.170 e. The molecule has 0 bridgehead atoms. The predicted octanol–water partition coefficient (Wildman–Crippen LogP) is 4.43. The summed E-state index contributed by atoms with van der Waals surface area (Å²) < 4.78 is 2.40. The number of nitrogens with zero attached hydrogens (tertiary/aromatic N) is 3. The van der Waals surface area contributed by atoms with Gasteiger partial charge in [-0.25, -0.2) is 0 Å². The molecule has 138 valence electrons. The highest BCUT2D eigenvalue weighted by atomic mass is 32.1. The van der Waals surface area contributed by atoms with E-state index in [1.54, 1.807) is 0 Å². The Bertz CT molecular complexity index is 792. The van der Waals surface area contributed by atoms with Gasteiger partial charge >= 0.3 is 0 Å². The lowest BCUT2D eigenvalue weighted by Gasteiger charge is -2.33. The highest BCUT2D eigenvalue weighted by Gasteiger charge is 2.44. The fourth-order valence-corrected chi connectivity index (χ4v) is 5.28. The van der Waals surface area contributed by atoms with Gasteiger partial charge in [-0.3, -0.25) is 4.98 Å². The topological polar surface area (TPSA) is 33.1 Å². The lowest BCUT2D eigenvalue weighted by Crippen LogP contribution is -2.37. The summed E-state index contributed by atoms with van der Waals surface area (Å²) in [6, 6.07) is 9.38. The van der Waals surface area contributed by atoms with Crippen LogP contribution in [-0.2, 0) is 6.54 Å². The highest BCUT2D eigenvalue weighted by Crippen LogP contribution is 2.44. The van der Waals surface area contributed by atoms with Crippen LogP contribution in [0, 0.1) is 13.8 Å². The summed E-state index contributed by atoms with van der Waals surface area (Å²) in [5.41, 5.74) is 5.13. The zero-order valence-electron chi connectivity index (χ0n) is 15.9. The van der Waals surface area contributed by atoms with Gasteiger partial charge in [0.1, 0.15) is 0 Å². The Morgan fingerprint density at radius 1 is 1.23 bits per heavy atom. The van der Waals surface area contributed by atoms with E-state index in [9.17, 15) is 0 Å². The minimum atomic E-state index is 0.107. The largest absolute Gasteiger partial charge is 0.352 e. The molecule has 2 aromatic rings. The lowest BCUT2D eigenvalue weighted by molar-refractivity contribution is 0.245. The van der Waals surface area contributed by atoms with E-state index in [0.717, 1.165) is 17.4 Å². The molecule has 1 aliphatic heterocycles. The molecule has 0 unspecified atom stereocenters. The fraction of sp³-hybridized carbons (Fsp3) is 0.524. The standard InChI is InChI=1S/C21H28N4S/c1-4-24-14(2)13-17(15(24)3)20-19(18-11-7-8-12-22-18)23-21(26)25(20)16-9-5-6-10-16/h7-8,11-13,16,19-20H,4-6,9-10H2,1-3H3,(H,23,26)/t19-,20-/m1/s1. The summed E-state index contributed by atoms with van der Waals surface area (Å²) in [7, 11) is 0. The molecule has 26 heavy (non-hydrogen) atoms. The van der Waals surface area contributed by atoms with Crippen LogP contribution in [0.15, 0.2) is 30.5 Å². The Morgan fingerprint density at radius 3 is 2.62 bits per heavy atom. The number of aryl methyl sites for hydroxylation is 1. The van der Waals surface area contributed by atoms with E-state index in [4.69, 9.17) is 12.2 Å². The van der Waals surface area contributed by atoms with Crippen LogP contribution in [0.5, 0.6) is 0 Å². The van der Waals surface area contributed by atoms with Crippen LogP contribution in [0.1, 0.15) is 67.3 Å². The minimum absolute atomic E-state index is 0.107. The van der Waals surface area contributed by atoms with E-state index in [-0.39, 0.29) is 12.1 Å². The van der Waals surface area contributed by atoms with Gasteiger partial charge < -0.3 is 14.8 Å². The van der Waals surface area contributed by atoms with E-state index >= 15 is 0 Å². The summed E-state index contributed by atoms with van der Waals surface area (Å²) in [4.78, 5) is 7.14. The number of rotatable bonds is 4. The van der Waals surface area contributed by atoms with Crippen LogP contribution in [0.3, 0.4) is 0 Å². The molecule has 4 rings (SSSR count).